The van der Waals surface area contributed by atoms with Crippen LogP contribution in [0.4, 0.5) is 0 Å². The molecule has 0 aliphatic carbocycles. The summed E-state index contributed by atoms with van der Waals surface area (Å²) in [5.74, 6) is 0.395. The van der Waals surface area contributed by atoms with Crippen LogP contribution in [-0.4, -0.2) is 72.3 Å². The summed E-state index contributed by atoms with van der Waals surface area (Å²) in [4.78, 5) is 32.0. The molecule has 24 heavy (non-hydrogen) atoms. The summed E-state index contributed by atoms with van der Waals surface area (Å²) in [5.41, 5.74) is 1.06. The van der Waals surface area contributed by atoms with Crippen LogP contribution in [0.15, 0.2) is 11.4 Å². The Bertz CT molecular complexity index is 571. The molecule has 0 N–H and O–H groups in total. The lowest BCUT2D eigenvalue weighted by molar-refractivity contribution is -0.132. The normalized spacial score (nSPS) is 20.0. The Morgan fingerprint density at radius 3 is 2.21 bits per heavy atom. The van der Waals surface area contributed by atoms with Gasteiger partial charge >= 0.3 is 0 Å². The molecule has 1 aromatic rings. The van der Waals surface area contributed by atoms with Crippen molar-refractivity contribution in [2.75, 3.05) is 45.8 Å². The summed E-state index contributed by atoms with van der Waals surface area (Å²) in [6, 6.07) is 1.99. The molecular weight excluding hydrogens is 322 g/mol. The minimum Gasteiger partial charge on any atom is -0.342 e. The fraction of sp³-hybridized carbons (Fsp3) is 0.667. The molecule has 6 heteroatoms. The van der Waals surface area contributed by atoms with Crippen molar-refractivity contribution in [3.05, 3.63) is 21.9 Å². The Hall–Kier alpha value is -1.40. The third-order valence-corrected chi connectivity index (χ3v) is 6.04. The number of hydrogen-bond donors (Lipinski definition) is 0. The average Bonchev–Trinajstić information content (AvgIpc) is 2.85. The number of rotatable bonds is 3. The molecule has 2 fully saturated rings. The number of amides is 2. The first-order valence-electron chi connectivity index (χ1n) is 8.98. The van der Waals surface area contributed by atoms with Crippen molar-refractivity contribution >= 4 is 23.2 Å². The van der Waals surface area contributed by atoms with Crippen molar-refractivity contribution in [3.8, 4) is 0 Å². The number of likely N-dealkylation sites (tertiary alicyclic amines) is 1. The Balaban J connectivity index is 1.47. The first kappa shape index (κ1) is 17.4. The zero-order valence-electron chi connectivity index (χ0n) is 14.5. The Morgan fingerprint density at radius 1 is 0.958 bits per heavy atom. The second kappa shape index (κ2) is 8.12. The van der Waals surface area contributed by atoms with Crippen LogP contribution in [0.1, 0.15) is 40.9 Å². The van der Waals surface area contributed by atoms with E-state index in [1.807, 2.05) is 28.2 Å². The van der Waals surface area contributed by atoms with Crippen LogP contribution in [0.25, 0.3) is 0 Å². The molecule has 2 aliphatic heterocycles. The van der Waals surface area contributed by atoms with Gasteiger partial charge < -0.3 is 9.80 Å². The lowest BCUT2D eigenvalue weighted by Crippen LogP contribution is -2.51. The highest BCUT2D eigenvalue weighted by molar-refractivity contribution is 7.12. The minimum atomic E-state index is 0.140. The molecule has 0 unspecified atom stereocenters. The SMILES string of the molecule is Cc1ccsc1C(=O)N1CCN(CC(=O)N2CCCCCC2)CC1. The van der Waals surface area contributed by atoms with Crippen molar-refractivity contribution in [1.82, 2.24) is 14.7 Å². The van der Waals surface area contributed by atoms with Crippen LogP contribution in [-0.2, 0) is 4.79 Å². The summed E-state index contributed by atoms with van der Waals surface area (Å²) in [5, 5.41) is 1.97. The molecule has 0 radical (unpaired) electrons. The first-order chi connectivity index (χ1) is 11.6. The van der Waals surface area contributed by atoms with Crippen LogP contribution in [0, 0.1) is 6.92 Å². The maximum Gasteiger partial charge on any atom is 0.264 e. The van der Waals surface area contributed by atoms with Crippen molar-refractivity contribution < 1.29 is 9.59 Å². The smallest absolute Gasteiger partial charge is 0.264 e. The van der Waals surface area contributed by atoms with E-state index in [1.165, 1.54) is 24.2 Å². The summed E-state index contributed by atoms with van der Waals surface area (Å²) in [6.45, 7) is 7.31. The fourth-order valence-corrected chi connectivity index (χ4v) is 4.35. The quantitative estimate of drug-likeness (QED) is 0.840. The second-order valence-corrected chi connectivity index (χ2v) is 7.71. The zero-order valence-corrected chi connectivity index (χ0v) is 15.3. The number of aryl methyl sites for hydroxylation is 1. The maximum atomic E-state index is 12.5. The molecule has 0 saturated carbocycles. The minimum absolute atomic E-state index is 0.140. The standard InChI is InChI=1S/C18H27N3O2S/c1-15-6-13-24-17(15)18(23)21-11-9-19(10-12-21)14-16(22)20-7-4-2-3-5-8-20/h6,13H,2-5,7-12,14H2,1H3. The van der Waals surface area contributed by atoms with Gasteiger partial charge in [-0.3, -0.25) is 14.5 Å². The van der Waals surface area contributed by atoms with Gasteiger partial charge in [0, 0.05) is 39.3 Å². The number of hydrogen-bond acceptors (Lipinski definition) is 4. The van der Waals surface area contributed by atoms with Crippen molar-refractivity contribution in [1.29, 1.82) is 0 Å². The topological polar surface area (TPSA) is 43.9 Å². The van der Waals surface area contributed by atoms with E-state index < -0.39 is 0 Å². The Kier molecular flexibility index (Phi) is 5.89. The number of carbonyl (C=O) groups is 2. The molecule has 0 bridgehead atoms. The number of thiophene rings is 1. The van der Waals surface area contributed by atoms with Crippen LogP contribution in [0.5, 0.6) is 0 Å². The van der Waals surface area contributed by atoms with E-state index in [-0.39, 0.29) is 11.8 Å². The van der Waals surface area contributed by atoms with E-state index in [2.05, 4.69) is 4.90 Å². The monoisotopic (exact) mass is 349 g/mol. The zero-order chi connectivity index (χ0) is 16.9. The maximum absolute atomic E-state index is 12.5. The predicted octanol–water partition coefficient (Wildman–Crippen LogP) is 2.22. The van der Waals surface area contributed by atoms with Crippen LogP contribution in [0.2, 0.25) is 0 Å². The summed E-state index contributed by atoms with van der Waals surface area (Å²) >= 11 is 1.52. The van der Waals surface area contributed by atoms with Crippen molar-refractivity contribution in [3.63, 3.8) is 0 Å². The molecule has 2 amide bonds. The van der Waals surface area contributed by atoms with Gasteiger partial charge in [-0.05, 0) is 36.8 Å². The van der Waals surface area contributed by atoms with Crippen LogP contribution < -0.4 is 0 Å². The predicted molar refractivity (Wildman–Crippen MR) is 96.4 cm³/mol. The highest BCUT2D eigenvalue weighted by atomic mass is 32.1. The summed E-state index contributed by atoms with van der Waals surface area (Å²) in [7, 11) is 0. The third-order valence-electron chi connectivity index (χ3n) is 5.03. The Morgan fingerprint density at radius 2 is 1.62 bits per heavy atom. The van der Waals surface area contributed by atoms with Gasteiger partial charge in [0.2, 0.25) is 5.91 Å². The molecule has 3 rings (SSSR count). The highest BCUT2D eigenvalue weighted by Gasteiger charge is 2.26. The largest absolute Gasteiger partial charge is 0.342 e. The lowest BCUT2D eigenvalue weighted by Gasteiger charge is -2.35. The molecular formula is C18H27N3O2S. The molecule has 2 aliphatic rings. The van der Waals surface area contributed by atoms with Gasteiger partial charge in [-0.25, -0.2) is 0 Å². The Labute approximate surface area is 148 Å². The van der Waals surface area contributed by atoms with E-state index in [0.717, 1.165) is 49.5 Å². The van der Waals surface area contributed by atoms with Gasteiger partial charge in [-0.2, -0.15) is 0 Å². The number of nitrogens with zero attached hydrogens (tertiary/aromatic N) is 3. The van der Waals surface area contributed by atoms with Crippen LogP contribution in [0.3, 0.4) is 0 Å². The average molecular weight is 350 g/mol. The second-order valence-electron chi connectivity index (χ2n) is 6.80. The highest BCUT2D eigenvalue weighted by Crippen LogP contribution is 2.19. The molecule has 0 spiro atoms. The van der Waals surface area contributed by atoms with E-state index in [1.54, 1.807) is 0 Å². The molecule has 5 nitrogen and oxygen atoms in total. The van der Waals surface area contributed by atoms with E-state index in [0.29, 0.717) is 19.6 Å². The number of carbonyl (C=O) groups excluding carboxylic acids is 2. The molecule has 132 valence electrons. The van der Waals surface area contributed by atoms with Gasteiger partial charge in [0.25, 0.3) is 5.91 Å². The third kappa shape index (κ3) is 4.16. The molecule has 2 saturated heterocycles. The number of piperazine rings is 1. The van der Waals surface area contributed by atoms with Crippen molar-refractivity contribution in [2.24, 2.45) is 0 Å². The van der Waals surface area contributed by atoms with E-state index >= 15 is 0 Å². The molecule has 0 atom stereocenters. The van der Waals surface area contributed by atoms with Gasteiger partial charge in [-0.15, -0.1) is 11.3 Å². The molecule has 3 heterocycles. The summed E-state index contributed by atoms with van der Waals surface area (Å²) < 4.78 is 0. The van der Waals surface area contributed by atoms with E-state index in [4.69, 9.17) is 0 Å². The van der Waals surface area contributed by atoms with Crippen molar-refractivity contribution in [2.45, 2.75) is 32.6 Å². The fourth-order valence-electron chi connectivity index (χ4n) is 3.46. The van der Waals surface area contributed by atoms with Crippen LogP contribution >= 0.6 is 11.3 Å². The van der Waals surface area contributed by atoms with E-state index in [9.17, 15) is 9.59 Å². The first-order valence-corrected chi connectivity index (χ1v) is 9.86. The summed E-state index contributed by atoms with van der Waals surface area (Å²) in [6.07, 6.45) is 4.75. The van der Waals surface area contributed by atoms with Gasteiger partial charge in [0.05, 0.1) is 11.4 Å². The molecule has 0 aromatic carbocycles. The van der Waals surface area contributed by atoms with Gasteiger partial charge in [0.15, 0.2) is 0 Å². The molecule has 1 aromatic heterocycles. The van der Waals surface area contributed by atoms with Gasteiger partial charge in [0.1, 0.15) is 0 Å². The van der Waals surface area contributed by atoms with Gasteiger partial charge in [-0.1, -0.05) is 12.8 Å². The lowest BCUT2D eigenvalue weighted by atomic mass is 10.2.